The standard InChI is InChI=1S/C29H37N5O3/c1-6-7-20-18-31-28(32-19-20)34-16-13-23(14-17-34)37-24-12-15-30-26(35)25(24)21-8-10-22(11-9-21)33(5)27(36)29(2,3)4/h8-12,15,18-19,23H,6-7,13-14,16-17H2,1-5H3,(H,30,35). The van der Waals surface area contributed by atoms with Crippen molar-refractivity contribution in [2.24, 2.45) is 5.41 Å². The molecular weight excluding hydrogens is 466 g/mol. The highest BCUT2D eigenvalue weighted by molar-refractivity contribution is 5.96. The Balaban J connectivity index is 1.45. The fraction of sp³-hybridized carbons (Fsp3) is 0.448. The molecule has 1 amide bonds. The molecule has 0 aliphatic carbocycles. The number of rotatable bonds is 7. The van der Waals surface area contributed by atoms with Crippen LogP contribution in [-0.2, 0) is 11.2 Å². The van der Waals surface area contributed by atoms with Gasteiger partial charge in [-0.2, -0.15) is 0 Å². The molecule has 1 aromatic carbocycles. The molecule has 8 nitrogen and oxygen atoms in total. The van der Waals surface area contributed by atoms with Crippen LogP contribution in [0.4, 0.5) is 11.6 Å². The molecule has 0 spiro atoms. The zero-order valence-electron chi connectivity index (χ0n) is 22.5. The fourth-order valence-electron chi connectivity index (χ4n) is 4.59. The lowest BCUT2D eigenvalue weighted by atomic mass is 9.94. The van der Waals surface area contributed by atoms with Crippen LogP contribution in [0.2, 0.25) is 0 Å². The van der Waals surface area contributed by atoms with Gasteiger partial charge in [0.2, 0.25) is 11.9 Å². The molecule has 8 heteroatoms. The molecule has 1 fully saturated rings. The maximum atomic E-state index is 12.8. The van der Waals surface area contributed by atoms with Crippen LogP contribution in [0, 0.1) is 5.41 Å². The number of piperidine rings is 1. The van der Waals surface area contributed by atoms with E-state index in [2.05, 4.69) is 26.8 Å². The smallest absolute Gasteiger partial charge is 0.259 e. The molecule has 1 saturated heterocycles. The Hall–Kier alpha value is -3.68. The number of aromatic amines is 1. The second-order valence-electron chi connectivity index (χ2n) is 10.7. The molecular formula is C29H37N5O3. The van der Waals surface area contributed by atoms with Crippen molar-refractivity contribution in [1.82, 2.24) is 15.0 Å². The largest absolute Gasteiger partial charge is 0.489 e. The van der Waals surface area contributed by atoms with Crippen LogP contribution >= 0.6 is 0 Å². The van der Waals surface area contributed by atoms with Gasteiger partial charge < -0.3 is 19.5 Å². The Morgan fingerprint density at radius 3 is 2.35 bits per heavy atom. The van der Waals surface area contributed by atoms with E-state index in [1.807, 2.05) is 63.5 Å². The van der Waals surface area contributed by atoms with Gasteiger partial charge in [0.1, 0.15) is 11.9 Å². The van der Waals surface area contributed by atoms with E-state index in [9.17, 15) is 9.59 Å². The Labute approximate surface area is 218 Å². The fourth-order valence-corrected chi connectivity index (χ4v) is 4.59. The van der Waals surface area contributed by atoms with Crippen LogP contribution in [0.15, 0.2) is 53.7 Å². The van der Waals surface area contributed by atoms with E-state index in [0.29, 0.717) is 11.3 Å². The molecule has 0 atom stereocenters. The summed E-state index contributed by atoms with van der Waals surface area (Å²) in [5.74, 6) is 1.34. The molecule has 3 heterocycles. The summed E-state index contributed by atoms with van der Waals surface area (Å²) in [5, 5.41) is 0. The summed E-state index contributed by atoms with van der Waals surface area (Å²) in [4.78, 5) is 41.2. The Morgan fingerprint density at radius 2 is 1.76 bits per heavy atom. The van der Waals surface area contributed by atoms with Crippen molar-refractivity contribution < 1.29 is 9.53 Å². The third-order valence-corrected chi connectivity index (χ3v) is 6.66. The van der Waals surface area contributed by atoms with Crippen molar-refractivity contribution >= 4 is 17.5 Å². The summed E-state index contributed by atoms with van der Waals surface area (Å²) in [6.45, 7) is 9.42. The normalized spacial score (nSPS) is 14.5. The zero-order chi connectivity index (χ0) is 26.6. The lowest BCUT2D eigenvalue weighted by Gasteiger charge is -2.32. The minimum absolute atomic E-state index is 0.00835. The van der Waals surface area contributed by atoms with Crippen molar-refractivity contribution in [3.8, 4) is 16.9 Å². The van der Waals surface area contributed by atoms with Crippen LogP contribution in [-0.4, -0.2) is 47.1 Å². The number of nitrogens with one attached hydrogen (secondary N) is 1. The quantitative estimate of drug-likeness (QED) is 0.496. The SMILES string of the molecule is CCCc1cnc(N2CCC(Oc3cc[nH]c(=O)c3-c3ccc(N(C)C(=O)C(C)(C)C)cc3)CC2)nc1. The molecule has 37 heavy (non-hydrogen) atoms. The van der Waals surface area contributed by atoms with Crippen LogP contribution in [0.5, 0.6) is 5.75 Å². The first-order valence-electron chi connectivity index (χ1n) is 13.0. The van der Waals surface area contributed by atoms with Crippen LogP contribution < -0.4 is 20.1 Å². The number of benzene rings is 1. The Bertz CT molecular complexity index is 1250. The lowest BCUT2D eigenvalue weighted by Crippen LogP contribution is -2.39. The minimum atomic E-state index is -0.481. The summed E-state index contributed by atoms with van der Waals surface area (Å²) in [7, 11) is 1.77. The van der Waals surface area contributed by atoms with Gasteiger partial charge in [0.05, 0.1) is 5.56 Å². The number of carbonyl (C=O) groups is 1. The van der Waals surface area contributed by atoms with Gasteiger partial charge in [-0.25, -0.2) is 9.97 Å². The van der Waals surface area contributed by atoms with Crippen molar-refractivity contribution in [3.05, 3.63) is 64.8 Å². The van der Waals surface area contributed by atoms with Gasteiger partial charge in [-0.05, 0) is 35.7 Å². The van der Waals surface area contributed by atoms with Gasteiger partial charge in [-0.3, -0.25) is 9.59 Å². The Kier molecular flexibility index (Phi) is 7.95. The molecule has 1 aliphatic rings. The minimum Gasteiger partial charge on any atom is -0.489 e. The van der Waals surface area contributed by atoms with Gasteiger partial charge >= 0.3 is 0 Å². The molecule has 2 aromatic heterocycles. The van der Waals surface area contributed by atoms with E-state index < -0.39 is 5.41 Å². The predicted molar refractivity (Wildman–Crippen MR) is 147 cm³/mol. The molecule has 1 aliphatic heterocycles. The molecule has 4 rings (SSSR count). The predicted octanol–water partition coefficient (Wildman–Crippen LogP) is 4.84. The van der Waals surface area contributed by atoms with Crippen molar-refractivity contribution in [1.29, 1.82) is 0 Å². The maximum Gasteiger partial charge on any atom is 0.259 e. The van der Waals surface area contributed by atoms with E-state index in [0.717, 1.165) is 61.5 Å². The van der Waals surface area contributed by atoms with Crippen LogP contribution in [0.3, 0.4) is 0 Å². The topological polar surface area (TPSA) is 91.4 Å². The highest BCUT2D eigenvalue weighted by atomic mass is 16.5. The number of nitrogens with zero attached hydrogens (tertiary/aromatic N) is 4. The molecule has 0 saturated carbocycles. The third kappa shape index (κ3) is 6.18. The van der Waals surface area contributed by atoms with Crippen LogP contribution in [0.25, 0.3) is 11.1 Å². The molecule has 1 N–H and O–H groups in total. The number of H-pyrrole nitrogens is 1. The molecule has 0 radical (unpaired) electrons. The summed E-state index contributed by atoms with van der Waals surface area (Å²) in [6.07, 6.45) is 9.13. The van der Waals surface area contributed by atoms with Gasteiger partial charge in [-0.1, -0.05) is 46.2 Å². The number of amides is 1. The number of pyridine rings is 1. The lowest BCUT2D eigenvalue weighted by molar-refractivity contribution is -0.125. The van der Waals surface area contributed by atoms with Gasteiger partial charge in [0.25, 0.3) is 5.56 Å². The average Bonchev–Trinajstić information content (AvgIpc) is 2.89. The van der Waals surface area contributed by atoms with E-state index in [1.54, 1.807) is 18.1 Å². The highest BCUT2D eigenvalue weighted by Gasteiger charge is 2.26. The number of anilines is 2. The zero-order valence-corrected chi connectivity index (χ0v) is 22.5. The average molecular weight is 504 g/mol. The number of hydrogen-bond donors (Lipinski definition) is 1. The molecule has 0 unspecified atom stereocenters. The van der Waals surface area contributed by atoms with Crippen molar-refractivity contribution in [3.63, 3.8) is 0 Å². The monoisotopic (exact) mass is 503 g/mol. The first kappa shape index (κ1) is 26.4. The van der Waals surface area contributed by atoms with Gasteiger partial charge in [-0.15, -0.1) is 0 Å². The van der Waals surface area contributed by atoms with Gasteiger partial charge in [0, 0.05) is 62.7 Å². The molecule has 0 bridgehead atoms. The first-order valence-corrected chi connectivity index (χ1v) is 13.0. The summed E-state index contributed by atoms with van der Waals surface area (Å²) < 4.78 is 6.37. The highest BCUT2D eigenvalue weighted by Crippen LogP contribution is 2.31. The Morgan fingerprint density at radius 1 is 1.11 bits per heavy atom. The second-order valence-corrected chi connectivity index (χ2v) is 10.7. The number of aromatic nitrogens is 3. The summed E-state index contributed by atoms with van der Waals surface area (Å²) in [5.41, 5.74) is 2.49. The molecule has 3 aromatic rings. The van der Waals surface area contributed by atoms with E-state index in [-0.39, 0.29) is 17.6 Å². The second kappa shape index (κ2) is 11.2. The van der Waals surface area contributed by atoms with E-state index in [1.165, 1.54) is 0 Å². The summed E-state index contributed by atoms with van der Waals surface area (Å²) >= 11 is 0. The third-order valence-electron chi connectivity index (χ3n) is 6.66. The van der Waals surface area contributed by atoms with E-state index in [4.69, 9.17) is 4.74 Å². The number of carbonyl (C=O) groups excluding carboxylic acids is 1. The van der Waals surface area contributed by atoms with Crippen molar-refractivity contribution in [2.75, 3.05) is 29.9 Å². The molecule has 196 valence electrons. The first-order chi connectivity index (χ1) is 17.7. The summed E-state index contributed by atoms with van der Waals surface area (Å²) in [6, 6.07) is 9.25. The number of aryl methyl sites for hydroxylation is 1. The van der Waals surface area contributed by atoms with E-state index >= 15 is 0 Å². The van der Waals surface area contributed by atoms with Crippen molar-refractivity contribution in [2.45, 2.75) is 59.5 Å². The number of hydrogen-bond acceptors (Lipinski definition) is 6. The maximum absolute atomic E-state index is 12.8. The van der Waals surface area contributed by atoms with Gasteiger partial charge in [0.15, 0.2) is 0 Å². The number of ether oxygens (including phenoxy) is 1. The van der Waals surface area contributed by atoms with Crippen LogP contribution in [0.1, 0.15) is 52.5 Å².